The van der Waals surface area contributed by atoms with Gasteiger partial charge in [0.15, 0.2) is 0 Å². The van der Waals surface area contributed by atoms with Gasteiger partial charge in [-0.25, -0.2) is 0 Å². The van der Waals surface area contributed by atoms with Gasteiger partial charge in [-0.1, -0.05) is 56.5 Å². The van der Waals surface area contributed by atoms with Crippen LogP contribution in [0.15, 0.2) is 18.2 Å². The normalized spacial score (nSPS) is 11.8. The number of hydrogen-bond donors (Lipinski definition) is 0. The summed E-state index contributed by atoms with van der Waals surface area (Å²) in [4.78, 5) is 0. The summed E-state index contributed by atoms with van der Waals surface area (Å²) in [5.74, 6) is 0. The van der Waals surface area contributed by atoms with E-state index >= 15 is 0 Å². The fourth-order valence-electron chi connectivity index (χ4n) is 1.31. The van der Waals surface area contributed by atoms with E-state index in [0.717, 1.165) is 17.9 Å². The van der Waals surface area contributed by atoms with Crippen LogP contribution in [0.5, 0.6) is 0 Å². The van der Waals surface area contributed by atoms with E-state index in [1.807, 2.05) is 18.2 Å². The predicted octanol–water partition coefficient (Wildman–Crippen LogP) is 4.97. The number of hydrogen-bond acceptors (Lipinski definition) is 0. The molecule has 1 aromatic rings. The van der Waals surface area contributed by atoms with Gasteiger partial charge in [-0.15, -0.1) is 0 Å². The first-order valence-corrected chi connectivity index (χ1v) is 5.64. The molecular formula is C12H16Cl2. The van der Waals surface area contributed by atoms with Crippen molar-refractivity contribution in [2.75, 3.05) is 0 Å². The third-order valence-corrected chi connectivity index (χ3v) is 3.23. The van der Waals surface area contributed by atoms with Gasteiger partial charge in [0, 0.05) is 10.0 Å². The molecule has 0 aliphatic carbocycles. The molecule has 78 valence electrons. The van der Waals surface area contributed by atoms with Crippen LogP contribution in [-0.4, -0.2) is 0 Å². The molecule has 14 heavy (non-hydrogen) atoms. The van der Waals surface area contributed by atoms with E-state index in [2.05, 4.69) is 20.8 Å². The topological polar surface area (TPSA) is 0 Å². The van der Waals surface area contributed by atoms with Crippen molar-refractivity contribution in [1.29, 1.82) is 0 Å². The van der Waals surface area contributed by atoms with Crippen molar-refractivity contribution in [3.63, 3.8) is 0 Å². The van der Waals surface area contributed by atoms with E-state index in [4.69, 9.17) is 23.2 Å². The SMILES string of the molecule is CCC(C)(C)Cc1ccc(Cl)cc1Cl. The van der Waals surface area contributed by atoms with Crippen LogP contribution in [0.25, 0.3) is 0 Å². The van der Waals surface area contributed by atoms with Crippen LogP contribution in [-0.2, 0) is 6.42 Å². The zero-order valence-corrected chi connectivity index (χ0v) is 10.4. The first kappa shape index (κ1) is 11.9. The summed E-state index contributed by atoms with van der Waals surface area (Å²) in [6.45, 7) is 6.69. The summed E-state index contributed by atoms with van der Waals surface area (Å²) in [5, 5.41) is 1.48. The monoisotopic (exact) mass is 230 g/mol. The van der Waals surface area contributed by atoms with Crippen molar-refractivity contribution in [2.45, 2.75) is 33.6 Å². The summed E-state index contributed by atoms with van der Waals surface area (Å²) in [6.07, 6.45) is 2.14. The summed E-state index contributed by atoms with van der Waals surface area (Å²) in [7, 11) is 0. The Bertz CT molecular complexity index is 316. The minimum atomic E-state index is 0.303. The van der Waals surface area contributed by atoms with Crippen molar-refractivity contribution < 1.29 is 0 Å². The first-order valence-electron chi connectivity index (χ1n) is 4.88. The number of benzene rings is 1. The molecule has 0 fully saturated rings. The van der Waals surface area contributed by atoms with Gasteiger partial charge < -0.3 is 0 Å². The molecule has 1 rings (SSSR count). The largest absolute Gasteiger partial charge is 0.0843 e. The summed E-state index contributed by atoms with van der Waals surface area (Å²) in [5.41, 5.74) is 1.49. The maximum Gasteiger partial charge on any atom is 0.0453 e. The second kappa shape index (κ2) is 4.55. The average molecular weight is 231 g/mol. The second-order valence-corrected chi connectivity index (χ2v) is 5.27. The molecule has 0 unspecified atom stereocenters. The van der Waals surface area contributed by atoms with Gasteiger partial charge in [0.05, 0.1) is 0 Å². The van der Waals surface area contributed by atoms with E-state index < -0.39 is 0 Å². The first-order chi connectivity index (χ1) is 6.44. The van der Waals surface area contributed by atoms with Gasteiger partial charge in [-0.05, 0) is 29.5 Å². The molecule has 0 heterocycles. The minimum absolute atomic E-state index is 0.303. The summed E-state index contributed by atoms with van der Waals surface area (Å²) < 4.78 is 0. The Labute approximate surface area is 96.2 Å². The molecule has 0 saturated carbocycles. The lowest BCUT2D eigenvalue weighted by atomic mass is 9.83. The molecular weight excluding hydrogens is 215 g/mol. The van der Waals surface area contributed by atoms with Crippen molar-refractivity contribution >= 4 is 23.2 Å². The third-order valence-electron chi connectivity index (χ3n) is 2.64. The van der Waals surface area contributed by atoms with Crippen LogP contribution in [0, 0.1) is 5.41 Å². The van der Waals surface area contributed by atoms with Gasteiger partial charge in [-0.2, -0.15) is 0 Å². The van der Waals surface area contributed by atoms with Gasteiger partial charge >= 0.3 is 0 Å². The van der Waals surface area contributed by atoms with Crippen molar-refractivity contribution in [2.24, 2.45) is 5.41 Å². The highest BCUT2D eigenvalue weighted by Gasteiger charge is 2.17. The molecule has 0 amide bonds. The molecule has 0 bridgehead atoms. The van der Waals surface area contributed by atoms with E-state index in [1.54, 1.807) is 0 Å². The fourth-order valence-corrected chi connectivity index (χ4v) is 1.78. The molecule has 0 spiro atoms. The summed E-state index contributed by atoms with van der Waals surface area (Å²) >= 11 is 11.9. The molecule has 0 saturated heterocycles. The lowest BCUT2D eigenvalue weighted by Crippen LogP contribution is -2.13. The van der Waals surface area contributed by atoms with Crippen LogP contribution in [0.2, 0.25) is 10.0 Å². The Morgan fingerprint density at radius 3 is 2.36 bits per heavy atom. The highest BCUT2D eigenvalue weighted by molar-refractivity contribution is 6.35. The molecule has 0 nitrogen and oxygen atoms in total. The third kappa shape index (κ3) is 3.18. The minimum Gasteiger partial charge on any atom is -0.0843 e. The molecule has 0 aliphatic heterocycles. The fraction of sp³-hybridized carbons (Fsp3) is 0.500. The zero-order chi connectivity index (χ0) is 10.8. The van der Waals surface area contributed by atoms with Gasteiger partial charge in [-0.3, -0.25) is 0 Å². The van der Waals surface area contributed by atoms with Gasteiger partial charge in [0.2, 0.25) is 0 Å². The van der Waals surface area contributed by atoms with Crippen molar-refractivity contribution in [3.05, 3.63) is 33.8 Å². The van der Waals surface area contributed by atoms with Crippen LogP contribution >= 0.6 is 23.2 Å². The highest BCUT2D eigenvalue weighted by Crippen LogP contribution is 2.30. The highest BCUT2D eigenvalue weighted by atomic mass is 35.5. The predicted molar refractivity (Wildman–Crippen MR) is 64.2 cm³/mol. The smallest absolute Gasteiger partial charge is 0.0453 e. The molecule has 2 heteroatoms. The van der Waals surface area contributed by atoms with Crippen molar-refractivity contribution in [3.8, 4) is 0 Å². The Kier molecular flexibility index (Phi) is 3.86. The molecule has 0 aromatic heterocycles. The Balaban J connectivity index is 2.87. The zero-order valence-electron chi connectivity index (χ0n) is 8.90. The van der Waals surface area contributed by atoms with E-state index in [1.165, 1.54) is 5.56 Å². The van der Waals surface area contributed by atoms with E-state index in [0.29, 0.717) is 10.4 Å². The van der Waals surface area contributed by atoms with Crippen LogP contribution in [0.4, 0.5) is 0 Å². The number of halogens is 2. The number of rotatable bonds is 3. The molecule has 0 radical (unpaired) electrons. The maximum absolute atomic E-state index is 6.11. The van der Waals surface area contributed by atoms with Crippen LogP contribution < -0.4 is 0 Å². The average Bonchev–Trinajstić information content (AvgIpc) is 2.10. The van der Waals surface area contributed by atoms with Crippen LogP contribution in [0.1, 0.15) is 32.8 Å². The Morgan fingerprint density at radius 1 is 1.21 bits per heavy atom. The van der Waals surface area contributed by atoms with E-state index in [9.17, 15) is 0 Å². The lowest BCUT2D eigenvalue weighted by Gasteiger charge is -2.23. The lowest BCUT2D eigenvalue weighted by molar-refractivity contribution is 0.349. The molecule has 1 aromatic carbocycles. The molecule has 0 N–H and O–H groups in total. The van der Waals surface area contributed by atoms with Gasteiger partial charge in [0.1, 0.15) is 0 Å². The second-order valence-electron chi connectivity index (χ2n) is 4.43. The Morgan fingerprint density at radius 2 is 1.86 bits per heavy atom. The molecule has 0 aliphatic rings. The van der Waals surface area contributed by atoms with Crippen molar-refractivity contribution in [1.82, 2.24) is 0 Å². The summed E-state index contributed by atoms with van der Waals surface area (Å²) in [6, 6.07) is 5.72. The van der Waals surface area contributed by atoms with E-state index in [-0.39, 0.29) is 0 Å². The van der Waals surface area contributed by atoms with Gasteiger partial charge in [0.25, 0.3) is 0 Å². The standard InChI is InChI=1S/C12H16Cl2/c1-4-12(2,3)8-9-5-6-10(13)7-11(9)14/h5-7H,4,8H2,1-3H3. The van der Waals surface area contributed by atoms with Crippen LogP contribution in [0.3, 0.4) is 0 Å². The molecule has 0 atom stereocenters. The Hall–Kier alpha value is -0.200. The quantitative estimate of drug-likeness (QED) is 0.688. The maximum atomic E-state index is 6.11.